The van der Waals surface area contributed by atoms with Crippen LogP contribution in [-0.2, 0) is 16.3 Å². The van der Waals surface area contributed by atoms with Crippen LogP contribution in [0.5, 0.6) is 0 Å². The lowest BCUT2D eigenvalue weighted by Gasteiger charge is -2.15. The van der Waals surface area contributed by atoms with Crippen molar-refractivity contribution in [1.82, 2.24) is 0 Å². The molecule has 0 bridgehead atoms. The SMILES string of the molecule is NC(CCc1ccccc1)CC1CCS(=O)(=O)C1. The molecule has 1 aliphatic rings. The van der Waals surface area contributed by atoms with Crippen molar-refractivity contribution in [1.29, 1.82) is 0 Å². The summed E-state index contributed by atoms with van der Waals surface area (Å²) in [5, 5.41) is 0. The first-order valence-corrected chi connectivity index (χ1v) is 8.37. The fraction of sp³-hybridized carbons (Fsp3) is 0.571. The Morgan fingerprint density at radius 2 is 2.00 bits per heavy atom. The van der Waals surface area contributed by atoms with Gasteiger partial charge in [0.2, 0.25) is 0 Å². The van der Waals surface area contributed by atoms with Crippen LogP contribution in [-0.4, -0.2) is 26.0 Å². The van der Waals surface area contributed by atoms with Gasteiger partial charge < -0.3 is 5.73 Å². The van der Waals surface area contributed by atoms with Crippen molar-refractivity contribution < 1.29 is 8.42 Å². The number of hydrogen-bond donors (Lipinski definition) is 1. The van der Waals surface area contributed by atoms with Crippen molar-refractivity contribution in [2.24, 2.45) is 11.7 Å². The third kappa shape index (κ3) is 4.10. The first-order chi connectivity index (χ1) is 8.55. The molecule has 2 unspecified atom stereocenters. The third-order valence-electron chi connectivity index (χ3n) is 3.61. The number of nitrogens with two attached hydrogens (primary N) is 1. The lowest BCUT2D eigenvalue weighted by Crippen LogP contribution is -2.24. The maximum absolute atomic E-state index is 11.4. The standard InChI is InChI=1S/C14H21NO2S/c15-14(7-6-12-4-2-1-3-5-12)10-13-8-9-18(16,17)11-13/h1-5,13-14H,6-11,15H2. The minimum Gasteiger partial charge on any atom is -0.328 e. The van der Waals surface area contributed by atoms with Gasteiger partial charge in [0.1, 0.15) is 0 Å². The smallest absolute Gasteiger partial charge is 0.150 e. The van der Waals surface area contributed by atoms with E-state index in [2.05, 4.69) is 12.1 Å². The Morgan fingerprint density at radius 1 is 1.28 bits per heavy atom. The minimum absolute atomic E-state index is 0.114. The summed E-state index contributed by atoms with van der Waals surface area (Å²) in [7, 11) is -2.76. The van der Waals surface area contributed by atoms with Crippen LogP contribution in [0.25, 0.3) is 0 Å². The fourth-order valence-corrected chi connectivity index (χ4v) is 4.48. The Morgan fingerprint density at radius 3 is 2.61 bits per heavy atom. The zero-order valence-electron chi connectivity index (χ0n) is 10.6. The second kappa shape index (κ2) is 5.85. The van der Waals surface area contributed by atoms with Gasteiger partial charge in [0.05, 0.1) is 11.5 Å². The molecule has 4 heteroatoms. The number of aryl methyl sites for hydroxylation is 1. The summed E-state index contributed by atoms with van der Waals surface area (Å²) in [5.41, 5.74) is 7.39. The number of sulfone groups is 1. The topological polar surface area (TPSA) is 60.2 Å². The van der Waals surface area contributed by atoms with Crippen molar-refractivity contribution in [2.45, 2.75) is 31.7 Å². The first kappa shape index (κ1) is 13.6. The summed E-state index contributed by atoms with van der Waals surface area (Å²) in [6.45, 7) is 0. The molecule has 0 aromatic heterocycles. The Labute approximate surface area is 109 Å². The lowest BCUT2D eigenvalue weighted by molar-refractivity contribution is 0.452. The predicted octanol–water partition coefficient (Wildman–Crippen LogP) is 1.77. The van der Waals surface area contributed by atoms with E-state index < -0.39 is 9.84 Å². The predicted molar refractivity (Wildman–Crippen MR) is 74.1 cm³/mol. The second-order valence-electron chi connectivity index (χ2n) is 5.29. The van der Waals surface area contributed by atoms with Crippen molar-refractivity contribution in [3.05, 3.63) is 35.9 Å². The van der Waals surface area contributed by atoms with Crippen LogP contribution in [0, 0.1) is 5.92 Å². The van der Waals surface area contributed by atoms with E-state index in [-0.39, 0.29) is 12.0 Å². The van der Waals surface area contributed by atoms with E-state index in [4.69, 9.17) is 5.73 Å². The molecule has 1 heterocycles. The van der Waals surface area contributed by atoms with Crippen LogP contribution in [0.4, 0.5) is 0 Å². The van der Waals surface area contributed by atoms with E-state index in [0.29, 0.717) is 11.5 Å². The molecule has 3 nitrogen and oxygen atoms in total. The van der Waals surface area contributed by atoms with Gasteiger partial charge in [-0.2, -0.15) is 0 Å². The Kier molecular flexibility index (Phi) is 4.40. The molecule has 2 rings (SSSR count). The van der Waals surface area contributed by atoms with Gasteiger partial charge in [-0.25, -0.2) is 8.42 Å². The summed E-state index contributed by atoms with van der Waals surface area (Å²) in [4.78, 5) is 0. The highest BCUT2D eigenvalue weighted by Crippen LogP contribution is 2.23. The van der Waals surface area contributed by atoms with E-state index in [1.165, 1.54) is 5.56 Å². The van der Waals surface area contributed by atoms with Crippen LogP contribution < -0.4 is 5.73 Å². The van der Waals surface area contributed by atoms with Crippen molar-refractivity contribution in [3.8, 4) is 0 Å². The Balaban J connectivity index is 1.74. The van der Waals surface area contributed by atoms with E-state index in [0.717, 1.165) is 25.7 Å². The third-order valence-corrected chi connectivity index (χ3v) is 5.45. The van der Waals surface area contributed by atoms with Crippen molar-refractivity contribution >= 4 is 9.84 Å². The molecule has 1 aromatic carbocycles. The van der Waals surface area contributed by atoms with Gasteiger partial charge >= 0.3 is 0 Å². The molecule has 0 spiro atoms. The highest BCUT2D eigenvalue weighted by atomic mass is 32.2. The molecule has 1 aliphatic heterocycles. The molecule has 18 heavy (non-hydrogen) atoms. The van der Waals surface area contributed by atoms with Crippen LogP contribution >= 0.6 is 0 Å². The van der Waals surface area contributed by atoms with Gasteiger partial charge in [-0.1, -0.05) is 30.3 Å². The molecule has 1 aromatic rings. The molecule has 2 atom stereocenters. The van der Waals surface area contributed by atoms with Crippen LogP contribution in [0.1, 0.15) is 24.8 Å². The Hall–Kier alpha value is -0.870. The average molecular weight is 267 g/mol. The van der Waals surface area contributed by atoms with Crippen molar-refractivity contribution in [2.75, 3.05) is 11.5 Å². The van der Waals surface area contributed by atoms with Crippen LogP contribution in [0.3, 0.4) is 0 Å². The summed E-state index contributed by atoms with van der Waals surface area (Å²) in [6.07, 6.45) is 3.54. The van der Waals surface area contributed by atoms with E-state index >= 15 is 0 Å². The van der Waals surface area contributed by atoms with Gasteiger partial charge in [0.15, 0.2) is 9.84 Å². The average Bonchev–Trinajstić information content (AvgIpc) is 2.67. The van der Waals surface area contributed by atoms with E-state index in [9.17, 15) is 8.42 Å². The van der Waals surface area contributed by atoms with Gasteiger partial charge in [-0.15, -0.1) is 0 Å². The van der Waals surface area contributed by atoms with Gasteiger partial charge in [0.25, 0.3) is 0 Å². The molecule has 0 radical (unpaired) electrons. The monoisotopic (exact) mass is 267 g/mol. The molecular formula is C14H21NO2S. The van der Waals surface area contributed by atoms with Crippen LogP contribution in [0.2, 0.25) is 0 Å². The molecule has 2 N–H and O–H groups in total. The molecule has 0 aliphatic carbocycles. The Bertz CT molecular complexity index is 470. The van der Waals surface area contributed by atoms with Gasteiger partial charge in [0, 0.05) is 6.04 Å². The summed E-state index contributed by atoms with van der Waals surface area (Å²) in [5.74, 6) is 0.968. The fourth-order valence-electron chi connectivity index (χ4n) is 2.60. The molecule has 0 saturated carbocycles. The minimum atomic E-state index is -2.76. The number of rotatable bonds is 5. The number of benzene rings is 1. The largest absolute Gasteiger partial charge is 0.328 e. The molecule has 0 amide bonds. The molecular weight excluding hydrogens is 246 g/mol. The molecule has 1 fully saturated rings. The zero-order chi connectivity index (χ0) is 13.0. The molecule has 100 valence electrons. The van der Waals surface area contributed by atoms with E-state index in [1.807, 2.05) is 18.2 Å². The molecule has 1 saturated heterocycles. The van der Waals surface area contributed by atoms with Gasteiger partial charge in [-0.05, 0) is 37.2 Å². The first-order valence-electron chi connectivity index (χ1n) is 6.55. The maximum Gasteiger partial charge on any atom is 0.150 e. The van der Waals surface area contributed by atoms with E-state index in [1.54, 1.807) is 0 Å². The van der Waals surface area contributed by atoms with Crippen LogP contribution in [0.15, 0.2) is 30.3 Å². The normalized spacial score (nSPS) is 23.9. The summed E-state index contributed by atoms with van der Waals surface area (Å²) in [6, 6.07) is 10.4. The lowest BCUT2D eigenvalue weighted by atomic mass is 9.95. The maximum atomic E-state index is 11.4. The summed E-state index contributed by atoms with van der Waals surface area (Å²) < 4.78 is 22.7. The number of hydrogen-bond acceptors (Lipinski definition) is 3. The van der Waals surface area contributed by atoms with Crippen molar-refractivity contribution in [3.63, 3.8) is 0 Å². The highest BCUT2D eigenvalue weighted by molar-refractivity contribution is 7.91. The summed E-state index contributed by atoms with van der Waals surface area (Å²) >= 11 is 0. The highest BCUT2D eigenvalue weighted by Gasteiger charge is 2.28. The quantitative estimate of drug-likeness (QED) is 0.884. The van der Waals surface area contributed by atoms with Gasteiger partial charge in [-0.3, -0.25) is 0 Å². The second-order valence-corrected chi connectivity index (χ2v) is 7.52. The zero-order valence-corrected chi connectivity index (χ0v) is 11.4.